The zero-order valence-electron chi connectivity index (χ0n) is 48.8. The highest BCUT2D eigenvalue weighted by atomic mass is 16.2. The maximum absolute atomic E-state index is 14.3. The fraction of sp³-hybridized carbons (Fsp3) is 0.788. The summed E-state index contributed by atoms with van der Waals surface area (Å²) < 4.78 is 0. The number of nitrogens with two attached hydrogens (primary N) is 6. The molecule has 0 aliphatic carbocycles. The quantitative estimate of drug-likeness (QED) is 0.0180. The highest BCUT2D eigenvalue weighted by Gasteiger charge is 2.38. The molecule has 0 aromatic rings. The Morgan fingerprint density at radius 1 is 0.405 bits per heavy atom. The Morgan fingerprint density at radius 2 is 0.709 bits per heavy atom. The molecule has 0 aliphatic heterocycles. The van der Waals surface area contributed by atoms with Crippen molar-refractivity contribution in [3.05, 3.63) is 0 Å². The van der Waals surface area contributed by atoms with E-state index in [1.807, 2.05) is 55.4 Å². The summed E-state index contributed by atoms with van der Waals surface area (Å²) in [5.41, 5.74) is 32.5. The predicted octanol–water partition coefficient (Wildman–Crippen LogP) is -1.94. The van der Waals surface area contributed by atoms with E-state index in [-0.39, 0.29) is 107 Å². The van der Waals surface area contributed by atoms with Crippen LogP contribution in [0.2, 0.25) is 0 Å². The molecule has 0 spiro atoms. The number of primary amides is 1. The van der Waals surface area contributed by atoms with Gasteiger partial charge in [-0.05, 0) is 141 Å². The lowest BCUT2D eigenvalue weighted by atomic mass is 9.98. The number of hydrogen-bond donors (Lipinski definition) is 18. The predicted molar refractivity (Wildman–Crippen MR) is 305 cm³/mol. The molecule has 0 heterocycles. The Balaban J connectivity index is 6.78. The van der Waals surface area contributed by atoms with Crippen molar-refractivity contribution in [1.82, 2.24) is 53.2 Å². The van der Waals surface area contributed by atoms with Gasteiger partial charge in [0.25, 0.3) is 0 Å². The van der Waals surface area contributed by atoms with Crippen LogP contribution >= 0.6 is 0 Å². The van der Waals surface area contributed by atoms with Crippen molar-refractivity contribution in [2.75, 3.05) is 26.2 Å². The van der Waals surface area contributed by atoms with E-state index in [2.05, 4.69) is 53.2 Å². The van der Waals surface area contributed by atoms with Crippen LogP contribution in [0.4, 0.5) is 0 Å². The number of unbranched alkanes of at least 4 members (excludes halogenated alkanes) is 2. The molecule has 8 unspecified atom stereocenters. The summed E-state index contributed by atoms with van der Waals surface area (Å²) in [7, 11) is 0. The first-order valence-electron chi connectivity index (χ1n) is 27.9. The van der Waals surface area contributed by atoms with Crippen LogP contribution in [0.5, 0.6) is 0 Å². The fourth-order valence-corrected chi connectivity index (χ4v) is 8.29. The lowest BCUT2D eigenvalue weighted by Crippen LogP contribution is -2.63. The minimum atomic E-state index is -1.72. The van der Waals surface area contributed by atoms with Crippen molar-refractivity contribution in [3.63, 3.8) is 0 Å². The molecule has 0 fully saturated rings. The Labute approximate surface area is 468 Å². The number of amides is 9. The summed E-state index contributed by atoms with van der Waals surface area (Å²) in [4.78, 5) is 124. The van der Waals surface area contributed by atoms with Crippen LogP contribution in [0.15, 0.2) is 0 Å². The third-order valence-electron chi connectivity index (χ3n) is 12.5. The van der Waals surface area contributed by atoms with Gasteiger partial charge in [0.1, 0.15) is 47.8 Å². The summed E-state index contributed by atoms with van der Waals surface area (Å²) in [5.74, 6) is -7.11. The van der Waals surface area contributed by atoms with Crippen LogP contribution in [-0.4, -0.2) is 145 Å². The zero-order valence-corrected chi connectivity index (χ0v) is 48.8. The molecule has 79 heavy (non-hydrogen) atoms. The van der Waals surface area contributed by atoms with Crippen LogP contribution in [0, 0.1) is 34.5 Å². The second-order valence-corrected chi connectivity index (χ2v) is 22.6. The number of hydrogen-bond acceptors (Lipinski definition) is 14. The molecule has 0 bridgehead atoms. The maximum atomic E-state index is 14.3. The molecule has 0 aromatic carbocycles. The first-order chi connectivity index (χ1) is 36.8. The topological polar surface area (TPSA) is 478 Å². The molecular formula is C52H102N18O9. The van der Waals surface area contributed by atoms with Crippen LogP contribution in [0.3, 0.4) is 0 Å². The largest absolute Gasteiger partial charge is 0.370 e. The summed E-state index contributed by atoms with van der Waals surface area (Å²) in [6.45, 7) is 18.7. The molecule has 9 amide bonds. The Morgan fingerprint density at radius 3 is 1.06 bits per heavy atom. The summed E-state index contributed by atoms with van der Waals surface area (Å²) in [6.07, 6.45) is 3.47. The lowest BCUT2D eigenvalue weighted by Gasteiger charge is -2.32. The Kier molecular flexibility index (Phi) is 35.2. The number of carbonyl (C=O) groups excluding carboxylic acids is 9. The first-order valence-corrected chi connectivity index (χ1v) is 27.9. The molecule has 0 saturated carbocycles. The molecule has 27 nitrogen and oxygen atoms in total. The van der Waals surface area contributed by atoms with Gasteiger partial charge in [0.15, 0.2) is 11.9 Å². The van der Waals surface area contributed by atoms with E-state index in [4.69, 9.17) is 45.2 Å². The van der Waals surface area contributed by atoms with Gasteiger partial charge in [0.05, 0.1) is 6.04 Å². The van der Waals surface area contributed by atoms with Gasteiger partial charge in [-0.25, -0.2) is 0 Å². The van der Waals surface area contributed by atoms with Crippen molar-refractivity contribution in [2.45, 2.75) is 213 Å². The molecule has 454 valence electrons. The third-order valence-corrected chi connectivity index (χ3v) is 12.5. The highest BCUT2D eigenvalue weighted by molar-refractivity contribution is 5.99. The molecule has 8 atom stereocenters. The van der Waals surface area contributed by atoms with Crippen LogP contribution in [-0.2, 0) is 43.2 Å². The summed E-state index contributed by atoms with van der Waals surface area (Å²) >= 11 is 0. The minimum Gasteiger partial charge on any atom is -0.370 e. The molecule has 27 heteroatoms. The SMILES string of the molecule is CC(C)CC(N)C(=O)NC(CCCNC(=N)N)C(=O)NC(CCCCN)C(=O)NC(CC(C)C)C(=O)NC(C)(C)C(=O)NC(CCCCN)C(=O)NC(CCCNC(=N)N)C(=O)NC(CC(C)C)C(=O)NC(CC(C)C)C(N)=O. The average Bonchev–Trinajstić information content (AvgIpc) is 3.33. The van der Waals surface area contributed by atoms with E-state index in [0.29, 0.717) is 45.1 Å². The van der Waals surface area contributed by atoms with E-state index in [1.165, 1.54) is 13.8 Å². The molecule has 24 N–H and O–H groups in total. The first kappa shape index (κ1) is 72.6. The van der Waals surface area contributed by atoms with E-state index in [9.17, 15) is 43.2 Å². The zero-order chi connectivity index (χ0) is 60.6. The van der Waals surface area contributed by atoms with Crippen molar-refractivity contribution < 1.29 is 43.2 Å². The normalized spacial score (nSPS) is 14.5. The van der Waals surface area contributed by atoms with Crippen molar-refractivity contribution in [1.29, 1.82) is 10.8 Å². The molecule has 0 rings (SSSR count). The monoisotopic (exact) mass is 1120 g/mol. The Bertz CT molecular complexity index is 1970. The standard InChI is InChI=1S/C52H102N18O9/c1-29(2)25-33(55)42(72)63-35(19-15-23-61-50(57)58)43(73)64-34(17-11-13-21-53)44(74)68-40(28-32(7)8)48(78)70-52(9,10)49(79)69-37(18-12-14-22-54)46(76)65-36(20-16-24-62-51(59)60)45(75)67-39(27-31(5)6)47(77)66-38(41(56)71)26-30(3)4/h29-40H,11-28,53-55H2,1-10H3,(H2,56,71)(H,63,72)(H,64,73)(H,65,76)(H,66,77)(H,67,75)(H,68,74)(H,69,79)(H,70,78)(H4,57,58,61)(H4,59,60,62). The van der Waals surface area contributed by atoms with Crippen LogP contribution in [0.1, 0.15) is 159 Å². The van der Waals surface area contributed by atoms with E-state index >= 15 is 0 Å². The van der Waals surface area contributed by atoms with Gasteiger partial charge < -0.3 is 87.6 Å². The average molecular weight is 1120 g/mol. The lowest BCUT2D eigenvalue weighted by molar-refractivity contribution is -0.138. The fourth-order valence-electron chi connectivity index (χ4n) is 8.29. The minimum absolute atomic E-state index is 0.000884. The summed E-state index contributed by atoms with van der Waals surface area (Å²) in [5, 5.41) is 42.1. The molecular weight excluding hydrogens is 1020 g/mol. The molecule has 0 saturated heterocycles. The molecule has 0 aromatic heterocycles. The van der Waals surface area contributed by atoms with Crippen molar-refractivity contribution in [3.8, 4) is 0 Å². The molecule has 0 radical (unpaired) electrons. The summed E-state index contributed by atoms with van der Waals surface area (Å²) in [6, 6.07) is -9.12. The van der Waals surface area contributed by atoms with Crippen molar-refractivity contribution in [2.24, 2.45) is 58.1 Å². The van der Waals surface area contributed by atoms with E-state index < -0.39 is 107 Å². The van der Waals surface area contributed by atoms with E-state index in [0.717, 1.165) is 0 Å². The van der Waals surface area contributed by atoms with Gasteiger partial charge in [-0.15, -0.1) is 0 Å². The van der Waals surface area contributed by atoms with Gasteiger partial charge >= 0.3 is 0 Å². The number of nitrogens with one attached hydrogen (secondary N) is 12. The van der Waals surface area contributed by atoms with E-state index in [1.54, 1.807) is 0 Å². The molecule has 0 aliphatic rings. The van der Waals surface area contributed by atoms with Gasteiger partial charge in [-0.1, -0.05) is 55.4 Å². The second-order valence-electron chi connectivity index (χ2n) is 22.6. The van der Waals surface area contributed by atoms with Crippen molar-refractivity contribution >= 4 is 65.1 Å². The van der Waals surface area contributed by atoms with Crippen LogP contribution in [0.25, 0.3) is 0 Å². The van der Waals surface area contributed by atoms with Gasteiger partial charge in [0, 0.05) is 13.1 Å². The highest BCUT2D eigenvalue weighted by Crippen LogP contribution is 2.15. The second kappa shape index (κ2) is 38.3. The van der Waals surface area contributed by atoms with Gasteiger partial charge in [-0.2, -0.15) is 0 Å². The van der Waals surface area contributed by atoms with Crippen LogP contribution < -0.4 is 87.6 Å². The third kappa shape index (κ3) is 31.7. The van der Waals surface area contributed by atoms with Gasteiger partial charge in [0.2, 0.25) is 53.2 Å². The smallest absolute Gasteiger partial charge is 0.245 e. The number of rotatable bonds is 41. The maximum Gasteiger partial charge on any atom is 0.245 e. The number of guanidine groups is 2. The Hall–Kier alpha value is -6.35. The number of carbonyl (C=O) groups is 9. The van der Waals surface area contributed by atoms with Gasteiger partial charge in [-0.3, -0.25) is 54.0 Å².